The maximum atomic E-state index is 6.86. The summed E-state index contributed by atoms with van der Waals surface area (Å²) in [6, 6.07) is 74.7. The Kier molecular flexibility index (Phi) is 7.58. The molecule has 11 aromatic rings. The van der Waals surface area contributed by atoms with Crippen LogP contribution in [-0.4, -0.2) is 4.57 Å². The second kappa shape index (κ2) is 13.2. The fourth-order valence-electron chi connectivity index (χ4n) is 9.84. The monoisotopic (exact) mass is 768 g/mol. The zero-order chi connectivity index (χ0) is 40.0. The van der Waals surface area contributed by atoms with Crippen LogP contribution in [0.15, 0.2) is 211 Å². The highest BCUT2D eigenvalue weighted by atomic mass is 16.3. The van der Waals surface area contributed by atoms with Gasteiger partial charge >= 0.3 is 0 Å². The standard InChI is InChI=1S/C57H40N2O/c1-57(2)50-19-11-9-17-45(50)46-32-30-44(36-51(46)57)58(42-26-21-38(22-27-42)37-13-5-3-6-14-37)43-28-23-39(24-29-43)40-25-31-47-48-33-34-53-55(56(48)60-54(47)35-40)49-18-10-12-20-52(49)59(53)41-15-7-4-8-16-41/h3-36H,1-2H3. The molecule has 60 heavy (non-hydrogen) atoms. The Hall–Kier alpha value is -7.62. The quantitative estimate of drug-likeness (QED) is 0.168. The van der Waals surface area contributed by atoms with Crippen LogP contribution in [0.1, 0.15) is 25.0 Å². The van der Waals surface area contributed by atoms with E-state index in [1.54, 1.807) is 0 Å². The molecule has 2 heterocycles. The summed E-state index contributed by atoms with van der Waals surface area (Å²) in [5.41, 5.74) is 18.5. The lowest BCUT2D eigenvalue weighted by Crippen LogP contribution is -2.16. The van der Waals surface area contributed by atoms with E-state index in [0.29, 0.717) is 0 Å². The molecule has 0 amide bonds. The Morgan fingerprint density at radius 1 is 0.417 bits per heavy atom. The van der Waals surface area contributed by atoms with Gasteiger partial charge in [0.1, 0.15) is 11.2 Å². The molecule has 1 aliphatic rings. The van der Waals surface area contributed by atoms with Gasteiger partial charge in [-0.3, -0.25) is 0 Å². The van der Waals surface area contributed by atoms with E-state index in [1.165, 1.54) is 44.3 Å². The Bertz CT molecular complexity index is 3430. The Balaban J connectivity index is 0.950. The molecule has 0 spiro atoms. The van der Waals surface area contributed by atoms with Gasteiger partial charge in [-0.15, -0.1) is 0 Å². The minimum atomic E-state index is -0.103. The largest absolute Gasteiger partial charge is 0.455 e. The van der Waals surface area contributed by atoms with Gasteiger partial charge in [-0.2, -0.15) is 0 Å². The summed E-state index contributed by atoms with van der Waals surface area (Å²) >= 11 is 0. The van der Waals surface area contributed by atoms with Gasteiger partial charge in [-0.1, -0.05) is 141 Å². The van der Waals surface area contributed by atoms with Crippen LogP contribution in [0, 0.1) is 0 Å². The Morgan fingerprint density at radius 2 is 1.00 bits per heavy atom. The molecule has 284 valence electrons. The first-order chi connectivity index (χ1) is 29.5. The van der Waals surface area contributed by atoms with Crippen molar-refractivity contribution >= 4 is 60.8 Å². The summed E-state index contributed by atoms with van der Waals surface area (Å²) < 4.78 is 9.20. The van der Waals surface area contributed by atoms with Crippen molar-refractivity contribution in [3.05, 3.63) is 217 Å². The number of benzene rings is 9. The van der Waals surface area contributed by atoms with E-state index in [1.807, 2.05) is 0 Å². The van der Waals surface area contributed by atoms with Crippen LogP contribution in [0.4, 0.5) is 17.1 Å². The van der Waals surface area contributed by atoms with Gasteiger partial charge in [0.25, 0.3) is 0 Å². The van der Waals surface area contributed by atoms with E-state index in [4.69, 9.17) is 4.42 Å². The number of furan rings is 1. The summed E-state index contributed by atoms with van der Waals surface area (Å²) in [7, 11) is 0. The van der Waals surface area contributed by atoms with E-state index in [2.05, 4.69) is 230 Å². The minimum Gasteiger partial charge on any atom is -0.455 e. The first kappa shape index (κ1) is 34.4. The molecule has 0 aliphatic heterocycles. The molecule has 0 N–H and O–H groups in total. The molecule has 2 aromatic heterocycles. The molecule has 0 saturated carbocycles. The first-order valence-electron chi connectivity index (χ1n) is 20.8. The number of hydrogen-bond donors (Lipinski definition) is 0. The van der Waals surface area contributed by atoms with Gasteiger partial charge in [0.15, 0.2) is 0 Å². The van der Waals surface area contributed by atoms with E-state index < -0.39 is 0 Å². The van der Waals surface area contributed by atoms with Crippen molar-refractivity contribution in [1.29, 1.82) is 0 Å². The molecule has 0 fully saturated rings. The molecular weight excluding hydrogens is 729 g/mol. The van der Waals surface area contributed by atoms with E-state index in [9.17, 15) is 0 Å². The number of para-hydroxylation sites is 2. The molecule has 0 saturated heterocycles. The Morgan fingerprint density at radius 3 is 1.77 bits per heavy atom. The average Bonchev–Trinajstić information content (AvgIpc) is 3.92. The number of fused-ring (bicyclic) bond motifs is 10. The van der Waals surface area contributed by atoms with Gasteiger partial charge < -0.3 is 13.9 Å². The van der Waals surface area contributed by atoms with Crippen molar-refractivity contribution in [3.63, 3.8) is 0 Å². The summed E-state index contributed by atoms with van der Waals surface area (Å²) in [4.78, 5) is 2.39. The molecule has 3 heteroatoms. The molecule has 3 nitrogen and oxygen atoms in total. The highest BCUT2D eigenvalue weighted by Crippen LogP contribution is 2.51. The zero-order valence-corrected chi connectivity index (χ0v) is 33.4. The van der Waals surface area contributed by atoms with Crippen molar-refractivity contribution in [3.8, 4) is 39.1 Å². The van der Waals surface area contributed by atoms with Crippen LogP contribution in [0.5, 0.6) is 0 Å². The number of hydrogen-bond acceptors (Lipinski definition) is 2. The summed E-state index contributed by atoms with van der Waals surface area (Å²) in [5, 5.41) is 4.58. The van der Waals surface area contributed by atoms with Crippen molar-refractivity contribution in [2.24, 2.45) is 0 Å². The topological polar surface area (TPSA) is 21.3 Å². The summed E-state index contributed by atoms with van der Waals surface area (Å²) in [6.07, 6.45) is 0. The normalized spacial score (nSPS) is 13.0. The smallest absolute Gasteiger partial charge is 0.145 e. The lowest BCUT2D eigenvalue weighted by molar-refractivity contribution is 0.660. The lowest BCUT2D eigenvalue weighted by Gasteiger charge is -2.28. The van der Waals surface area contributed by atoms with Crippen LogP contribution in [-0.2, 0) is 5.41 Å². The van der Waals surface area contributed by atoms with E-state index in [0.717, 1.165) is 66.7 Å². The molecule has 0 bridgehead atoms. The minimum absolute atomic E-state index is 0.103. The molecule has 1 aliphatic carbocycles. The number of rotatable bonds is 6. The van der Waals surface area contributed by atoms with Crippen LogP contribution in [0.2, 0.25) is 0 Å². The molecule has 0 atom stereocenters. The zero-order valence-electron chi connectivity index (χ0n) is 33.4. The third kappa shape index (κ3) is 5.22. The highest BCUT2D eigenvalue weighted by Gasteiger charge is 2.35. The summed E-state index contributed by atoms with van der Waals surface area (Å²) in [6.45, 7) is 4.69. The fraction of sp³-hybridized carbons (Fsp3) is 0.0526. The predicted molar refractivity (Wildman–Crippen MR) is 251 cm³/mol. The van der Waals surface area contributed by atoms with Gasteiger partial charge in [0.2, 0.25) is 0 Å². The number of anilines is 3. The van der Waals surface area contributed by atoms with Crippen LogP contribution >= 0.6 is 0 Å². The van der Waals surface area contributed by atoms with Crippen molar-refractivity contribution in [2.45, 2.75) is 19.3 Å². The van der Waals surface area contributed by atoms with Gasteiger partial charge in [0.05, 0.1) is 16.4 Å². The molecule has 9 aromatic carbocycles. The third-order valence-corrected chi connectivity index (χ3v) is 12.8. The fourth-order valence-corrected chi connectivity index (χ4v) is 9.84. The first-order valence-corrected chi connectivity index (χ1v) is 20.8. The average molecular weight is 769 g/mol. The van der Waals surface area contributed by atoms with Gasteiger partial charge in [0, 0.05) is 44.3 Å². The van der Waals surface area contributed by atoms with Gasteiger partial charge in [-0.05, 0) is 123 Å². The van der Waals surface area contributed by atoms with Crippen molar-refractivity contribution < 1.29 is 4.42 Å². The van der Waals surface area contributed by atoms with Crippen LogP contribution in [0.3, 0.4) is 0 Å². The number of nitrogens with zero attached hydrogens (tertiary/aromatic N) is 2. The lowest BCUT2D eigenvalue weighted by atomic mass is 9.82. The molecular formula is C57H40N2O. The molecule has 0 unspecified atom stereocenters. The van der Waals surface area contributed by atoms with Gasteiger partial charge in [-0.25, -0.2) is 0 Å². The van der Waals surface area contributed by atoms with E-state index >= 15 is 0 Å². The number of aromatic nitrogens is 1. The second-order valence-electron chi connectivity index (χ2n) is 16.5. The van der Waals surface area contributed by atoms with Crippen molar-refractivity contribution in [1.82, 2.24) is 4.57 Å². The second-order valence-corrected chi connectivity index (χ2v) is 16.5. The predicted octanol–water partition coefficient (Wildman–Crippen LogP) is 15.8. The molecule has 0 radical (unpaired) electrons. The third-order valence-electron chi connectivity index (χ3n) is 12.8. The van der Waals surface area contributed by atoms with Crippen LogP contribution in [0.25, 0.3) is 82.8 Å². The van der Waals surface area contributed by atoms with E-state index in [-0.39, 0.29) is 5.41 Å². The maximum Gasteiger partial charge on any atom is 0.145 e. The Labute approximate surface area is 349 Å². The molecule has 12 rings (SSSR count). The highest BCUT2D eigenvalue weighted by molar-refractivity contribution is 6.24. The van der Waals surface area contributed by atoms with Crippen molar-refractivity contribution in [2.75, 3.05) is 4.90 Å². The maximum absolute atomic E-state index is 6.86. The van der Waals surface area contributed by atoms with Crippen LogP contribution < -0.4 is 4.90 Å². The SMILES string of the molecule is CC1(C)c2ccccc2-c2ccc(N(c3ccc(-c4ccccc4)cc3)c3ccc(-c4ccc5c(c4)oc4c5ccc5c4c4ccccc4n5-c4ccccc4)cc3)cc21. The summed E-state index contributed by atoms with van der Waals surface area (Å²) in [5.74, 6) is 0.